The lowest BCUT2D eigenvalue weighted by atomic mass is 10.1. The van der Waals surface area contributed by atoms with E-state index in [2.05, 4.69) is 59.7 Å². The molecule has 22 heavy (non-hydrogen) atoms. The standard InChI is InChI=1S/C19H20N2O/c1-13-11-20-18(14(2)19(13)22-3)12-21-17-10-6-8-15-7-4-5-9-16(15)17/h4-11,21H,12H2,1-3H3. The fraction of sp³-hybridized carbons (Fsp3) is 0.211. The summed E-state index contributed by atoms with van der Waals surface area (Å²) in [6, 6.07) is 14.7. The Hall–Kier alpha value is -2.55. The van der Waals surface area contributed by atoms with Gasteiger partial charge in [0.25, 0.3) is 0 Å². The number of anilines is 1. The zero-order valence-electron chi connectivity index (χ0n) is 13.2. The molecule has 3 rings (SSSR count). The van der Waals surface area contributed by atoms with Gasteiger partial charge < -0.3 is 10.1 Å². The largest absolute Gasteiger partial charge is 0.496 e. The molecule has 3 aromatic rings. The Bertz CT molecular complexity index is 806. The average molecular weight is 292 g/mol. The van der Waals surface area contributed by atoms with E-state index in [-0.39, 0.29) is 0 Å². The van der Waals surface area contributed by atoms with Gasteiger partial charge in [-0.3, -0.25) is 4.98 Å². The molecule has 0 radical (unpaired) electrons. The van der Waals surface area contributed by atoms with E-state index in [0.717, 1.165) is 28.3 Å². The predicted octanol–water partition coefficient (Wildman–Crippen LogP) is 4.47. The van der Waals surface area contributed by atoms with Gasteiger partial charge in [-0.1, -0.05) is 36.4 Å². The Balaban J connectivity index is 1.89. The summed E-state index contributed by atoms with van der Waals surface area (Å²) in [6.45, 7) is 4.75. The van der Waals surface area contributed by atoms with Gasteiger partial charge in [0.1, 0.15) is 5.75 Å². The molecule has 0 fully saturated rings. The minimum Gasteiger partial charge on any atom is -0.496 e. The van der Waals surface area contributed by atoms with E-state index < -0.39 is 0 Å². The van der Waals surface area contributed by atoms with Gasteiger partial charge >= 0.3 is 0 Å². The molecule has 0 atom stereocenters. The molecule has 0 saturated carbocycles. The van der Waals surface area contributed by atoms with Crippen molar-refractivity contribution < 1.29 is 4.74 Å². The lowest BCUT2D eigenvalue weighted by Gasteiger charge is -2.14. The summed E-state index contributed by atoms with van der Waals surface area (Å²) in [5.74, 6) is 0.921. The second kappa shape index (κ2) is 6.06. The van der Waals surface area contributed by atoms with Crippen molar-refractivity contribution in [2.24, 2.45) is 0 Å². The van der Waals surface area contributed by atoms with E-state index in [9.17, 15) is 0 Å². The normalized spacial score (nSPS) is 10.7. The van der Waals surface area contributed by atoms with Crippen molar-refractivity contribution in [3.8, 4) is 5.75 Å². The molecule has 0 bridgehead atoms. The van der Waals surface area contributed by atoms with E-state index in [0.29, 0.717) is 6.54 Å². The maximum absolute atomic E-state index is 5.47. The molecule has 0 saturated heterocycles. The number of hydrogen-bond donors (Lipinski definition) is 1. The van der Waals surface area contributed by atoms with Crippen molar-refractivity contribution in [1.82, 2.24) is 4.98 Å². The smallest absolute Gasteiger partial charge is 0.128 e. The average Bonchev–Trinajstić information content (AvgIpc) is 2.54. The van der Waals surface area contributed by atoms with Crippen LogP contribution in [0.4, 0.5) is 5.69 Å². The van der Waals surface area contributed by atoms with Gasteiger partial charge in [0.15, 0.2) is 0 Å². The van der Waals surface area contributed by atoms with E-state index in [4.69, 9.17) is 4.74 Å². The van der Waals surface area contributed by atoms with Crippen molar-refractivity contribution in [3.63, 3.8) is 0 Å². The van der Waals surface area contributed by atoms with Crippen LogP contribution in [0.25, 0.3) is 10.8 Å². The molecule has 1 aromatic heterocycles. The zero-order chi connectivity index (χ0) is 15.5. The summed E-state index contributed by atoms with van der Waals surface area (Å²) >= 11 is 0. The first-order valence-corrected chi connectivity index (χ1v) is 7.41. The molecule has 0 amide bonds. The predicted molar refractivity (Wildman–Crippen MR) is 91.5 cm³/mol. The van der Waals surface area contributed by atoms with Gasteiger partial charge in [0.2, 0.25) is 0 Å². The van der Waals surface area contributed by atoms with Crippen LogP contribution in [0.5, 0.6) is 5.75 Å². The highest BCUT2D eigenvalue weighted by molar-refractivity contribution is 5.93. The topological polar surface area (TPSA) is 34.1 Å². The van der Waals surface area contributed by atoms with Crippen LogP contribution < -0.4 is 10.1 Å². The van der Waals surface area contributed by atoms with Crippen LogP contribution in [0.1, 0.15) is 16.8 Å². The van der Waals surface area contributed by atoms with Gasteiger partial charge in [-0.05, 0) is 25.3 Å². The molecule has 112 valence electrons. The first-order chi connectivity index (χ1) is 10.7. The van der Waals surface area contributed by atoms with Crippen LogP contribution in [0, 0.1) is 13.8 Å². The number of aryl methyl sites for hydroxylation is 1. The van der Waals surface area contributed by atoms with Crippen molar-refractivity contribution >= 4 is 16.5 Å². The number of nitrogens with zero attached hydrogens (tertiary/aromatic N) is 1. The Kier molecular flexibility index (Phi) is 3.96. The second-order valence-electron chi connectivity index (χ2n) is 5.43. The highest BCUT2D eigenvalue weighted by Gasteiger charge is 2.09. The lowest BCUT2D eigenvalue weighted by molar-refractivity contribution is 0.407. The molecule has 1 N–H and O–H groups in total. The van der Waals surface area contributed by atoms with Crippen LogP contribution in [0.15, 0.2) is 48.7 Å². The molecule has 1 heterocycles. The number of aromatic nitrogens is 1. The summed E-state index contributed by atoms with van der Waals surface area (Å²) in [5, 5.41) is 5.96. The number of methoxy groups -OCH3 is 1. The SMILES string of the molecule is COc1c(C)cnc(CNc2cccc3ccccc23)c1C. The Morgan fingerprint density at radius 1 is 1.05 bits per heavy atom. The third-order valence-corrected chi connectivity index (χ3v) is 3.99. The summed E-state index contributed by atoms with van der Waals surface area (Å²) in [7, 11) is 1.71. The Labute approximate surface area is 131 Å². The van der Waals surface area contributed by atoms with Gasteiger partial charge in [-0.15, -0.1) is 0 Å². The minimum absolute atomic E-state index is 0.677. The molecule has 0 aliphatic heterocycles. The molecule has 3 heteroatoms. The molecule has 3 nitrogen and oxygen atoms in total. The molecular weight excluding hydrogens is 272 g/mol. The number of rotatable bonds is 4. The number of fused-ring (bicyclic) bond motifs is 1. The maximum atomic E-state index is 5.47. The fourth-order valence-corrected chi connectivity index (χ4v) is 2.81. The summed E-state index contributed by atoms with van der Waals surface area (Å²) in [6.07, 6.45) is 1.87. The monoisotopic (exact) mass is 292 g/mol. The van der Waals surface area contributed by atoms with Crippen molar-refractivity contribution in [2.75, 3.05) is 12.4 Å². The fourth-order valence-electron chi connectivity index (χ4n) is 2.81. The van der Waals surface area contributed by atoms with E-state index in [1.54, 1.807) is 7.11 Å². The van der Waals surface area contributed by atoms with Crippen molar-refractivity contribution in [1.29, 1.82) is 0 Å². The molecule has 2 aromatic carbocycles. The van der Waals surface area contributed by atoms with Gasteiger partial charge in [-0.2, -0.15) is 0 Å². The highest BCUT2D eigenvalue weighted by Crippen LogP contribution is 2.26. The quantitative estimate of drug-likeness (QED) is 0.770. The van der Waals surface area contributed by atoms with Crippen LogP contribution in [0.3, 0.4) is 0 Å². The van der Waals surface area contributed by atoms with E-state index in [1.807, 2.05) is 13.1 Å². The zero-order valence-corrected chi connectivity index (χ0v) is 13.2. The number of benzene rings is 2. The van der Waals surface area contributed by atoms with Crippen LogP contribution in [-0.4, -0.2) is 12.1 Å². The molecular formula is C19H20N2O. The second-order valence-corrected chi connectivity index (χ2v) is 5.43. The summed E-state index contributed by atoms with van der Waals surface area (Å²) in [4.78, 5) is 4.54. The summed E-state index contributed by atoms with van der Waals surface area (Å²) < 4.78 is 5.47. The number of hydrogen-bond acceptors (Lipinski definition) is 3. The Morgan fingerprint density at radius 2 is 1.82 bits per heavy atom. The van der Waals surface area contributed by atoms with Crippen LogP contribution in [-0.2, 0) is 6.54 Å². The van der Waals surface area contributed by atoms with Crippen LogP contribution in [0.2, 0.25) is 0 Å². The van der Waals surface area contributed by atoms with Gasteiger partial charge in [0.05, 0.1) is 19.3 Å². The minimum atomic E-state index is 0.677. The molecule has 0 spiro atoms. The third-order valence-electron chi connectivity index (χ3n) is 3.99. The van der Waals surface area contributed by atoms with Gasteiger partial charge in [-0.25, -0.2) is 0 Å². The first kappa shape index (κ1) is 14.4. The van der Waals surface area contributed by atoms with Crippen LogP contribution >= 0.6 is 0 Å². The van der Waals surface area contributed by atoms with Crippen molar-refractivity contribution in [2.45, 2.75) is 20.4 Å². The molecule has 0 unspecified atom stereocenters. The highest BCUT2D eigenvalue weighted by atomic mass is 16.5. The van der Waals surface area contributed by atoms with Gasteiger partial charge in [0, 0.05) is 28.4 Å². The number of ether oxygens (including phenoxy) is 1. The van der Waals surface area contributed by atoms with E-state index in [1.165, 1.54) is 10.8 Å². The maximum Gasteiger partial charge on any atom is 0.128 e. The van der Waals surface area contributed by atoms with E-state index >= 15 is 0 Å². The lowest BCUT2D eigenvalue weighted by Crippen LogP contribution is -2.06. The third kappa shape index (κ3) is 2.62. The summed E-state index contributed by atoms with van der Waals surface area (Å²) in [5.41, 5.74) is 4.29. The number of nitrogens with one attached hydrogen (secondary N) is 1. The molecule has 0 aliphatic carbocycles. The Morgan fingerprint density at radius 3 is 2.64 bits per heavy atom. The first-order valence-electron chi connectivity index (χ1n) is 7.41. The molecule has 0 aliphatic rings. The number of pyridine rings is 1. The van der Waals surface area contributed by atoms with Crippen molar-refractivity contribution in [3.05, 3.63) is 65.5 Å².